The zero-order chi connectivity index (χ0) is 26.8. The minimum absolute atomic E-state index is 0.0473. The van der Waals surface area contributed by atoms with Crippen LogP contribution < -0.4 is 20.8 Å². The zero-order valence-electron chi connectivity index (χ0n) is 19.6. The summed E-state index contributed by atoms with van der Waals surface area (Å²) in [4.78, 5) is 21.2. The summed E-state index contributed by atoms with van der Waals surface area (Å²) in [7, 11) is 1.43. The van der Waals surface area contributed by atoms with Gasteiger partial charge in [0.25, 0.3) is 5.69 Å². The Hall–Kier alpha value is -5.40. The van der Waals surface area contributed by atoms with E-state index < -0.39 is 5.95 Å². The number of nitriles is 2. The third-order valence-electron chi connectivity index (χ3n) is 5.47. The fourth-order valence-corrected chi connectivity index (χ4v) is 4.54. The molecule has 0 bridgehead atoms. The number of oxazole rings is 1. The monoisotopic (exact) mass is 524 g/mol. The van der Waals surface area contributed by atoms with Gasteiger partial charge < -0.3 is 25.1 Å². The molecule has 3 heterocycles. The fourth-order valence-electron chi connectivity index (χ4n) is 3.74. The molecule has 0 saturated heterocycles. The largest absolute Gasteiger partial charge is 0.539 e. The van der Waals surface area contributed by atoms with Crippen molar-refractivity contribution in [2.24, 2.45) is 7.05 Å². The summed E-state index contributed by atoms with van der Waals surface area (Å²) >= 11 is 0.936. The van der Waals surface area contributed by atoms with Crippen LogP contribution in [0.1, 0.15) is 11.1 Å². The van der Waals surface area contributed by atoms with Gasteiger partial charge in [0.15, 0.2) is 18.6 Å². The molecule has 0 radical (unpaired) electrons. The molecule has 0 unspecified atom stereocenters. The number of para-hydroxylation sites is 2. The Bertz CT molecular complexity index is 1730. The first kappa shape index (κ1) is 24.3. The van der Waals surface area contributed by atoms with Gasteiger partial charge in [-0.3, -0.25) is 4.79 Å². The van der Waals surface area contributed by atoms with E-state index in [4.69, 9.17) is 10.2 Å². The second-order valence-corrected chi connectivity index (χ2v) is 8.85. The topological polar surface area (TPSA) is 195 Å². The molecule has 0 aliphatic carbocycles. The minimum atomic E-state index is -0.846. The smallest absolute Gasteiger partial charge is 0.266 e. The Balaban J connectivity index is 1.33. The maximum atomic E-state index is 12.7. The fraction of sp³-hybridized carbons (Fsp3) is 0.0800. The molecule has 0 aliphatic rings. The maximum Gasteiger partial charge on any atom is 0.266 e. The number of amides is 1. The van der Waals surface area contributed by atoms with Crippen molar-refractivity contribution in [3.05, 3.63) is 59.7 Å². The van der Waals surface area contributed by atoms with E-state index in [1.165, 1.54) is 7.05 Å². The number of hydrogen-bond acceptors (Lipinski definition) is 11. The van der Waals surface area contributed by atoms with E-state index in [1.54, 1.807) is 24.3 Å². The predicted molar refractivity (Wildman–Crippen MR) is 133 cm³/mol. The molecule has 1 amide bonds. The average Bonchev–Trinajstić information content (AvgIpc) is 3.50. The molecular weight excluding hydrogens is 508 g/mol. The van der Waals surface area contributed by atoms with Crippen molar-refractivity contribution in [2.45, 2.75) is 5.03 Å². The van der Waals surface area contributed by atoms with Crippen molar-refractivity contribution in [3.63, 3.8) is 0 Å². The van der Waals surface area contributed by atoms with Crippen LogP contribution in [-0.2, 0) is 11.8 Å². The molecule has 5 aromatic rings. The molecule has 186 valence electrons. The number of rotatable bonds is 6. The van der Waals surface area contributed by atoms with Crippen LogP contribution in [0.4, 0.5) is 11.5 Å². The highest BCUT2D eigenvalue weighted by molar-refractivity contribution is 8.00. The SMILES string of the molecule is C[n+]1noc([O-])c1-c1c(C#N)c(N)nc(SCC(=O)Nc2ccc(-c3nc4ccccc4o3)cc2)c1C#N. The number of nitrogens with zero attached hydrogens (tertiary/aromatic N) is 6. The number of fused-ring (bicyclic) bond motifs is 1. The van der Waals surface area contributed by atoms with Gasteiger partial charge in [-0.25, -0.2) is 9.97 Å². The number of nitrogens with two attached hydrogens (primary N) is 1. The third kappa shape index (κ3) is 4.45. The van der Waals surface area contributed by atoms with Crippen molar-refractivity contribution in [3.8, 4) is 40.8 Å². The van der Waals surface area contributed by atoms with E-state index in [0.29, 0.717) is 17.2 Å². The summed E-state index contributed by atoms with van der Waals surface area (Å²) in [5.74, 6) is -1.08. The number of carbonyl (C=O) groups excluding carboxylic acids is 1. The number of anilines is 2. The first-order valence-corrected chi connectivity index (χ1v) is 11.9. The number of benzene rings is 2. The quantitative estimate of drug-likeness (QED) is 0.245. The molecule has 3 N–H and O–H groups in total. The highest BCUT2D eigenvalue weighted by Gasteiger charge is 2.29. The van der Waals surface area contributed by atoms with Gasteiger partial charge in [-0.2, -0.15) is 10.5 Å². The van der Waals surface area contributed by atoms with Crippen molar-refractivity contribution in [1.82, 2.24) is 15.2 Å². The molecule has 5 rings (SSSR count). The first-order chi connectivity index (χ1) is 18.4. The molecule has 0 atom stereocenters. The highest BCUT2D eigenvalue weighted by atomic mass is 32.2. The van der Waals surface area contributed by atoms with Crippen LogP contribution in [0, 0.1) is 22.7 Å². The van der Waals surface area contributed by atoms with Gasteiger partial charge in [-0.1, -0.05) is 28.6 Å². The molecular formula is C25H16N8O4S. The van der Waals surface area contributed by atoms with Gasteiger partial charge in [0, 0.05) is 11.3 Å². The van der Waals surface area contributed by atoms with E-state index in [9.17, 15) is 20.4 Å². The number of nitrogens with one attached hydrogen (secondary N) is 1. The zero-order valence-corrected chi connectivity index (χ0v) is 20.4. The lowest BCUT2D eigenvalue weighted by molar-refractivity contribution is -0.730. The first-order valence-electron chi connectivity index (χ1n) is 10.9. The number of nitrogen functional groups attached to an aromatic ring is 1. The Kier molecular flexibility index (Phi) is 6.35. The molecule has 13 heteroatoms. The van der Waals surface area contributed by atoms with E-state index in [0.717, 1.165) is 27.5 Å². The second-order valence-electron chi connectivity index (χ2n) is 7.88. The normalized spacial score (nSPS) is 10.7. The van der Waals surface area contributed by atoms with E-state index in [1.807, 2.05) is 36.4 Å². The van der Waals surface area contributed by atoms with E-state index >= 15 is 0 Å². The van der Waals surface area contributed by atoms with Crippen LogP contribution in [0.25, 0.3) is 33.8 Å². The summed E-state index contributed by atoms with van der Waals surface area (Å²) in [6.07, 6.45) is 0. The van der Waals surface area contributed by atoms with Crippen LogP contribution in [0.3, 0.4) is 0 Å². The van der Waals surface area contributed by atoms with Crippen molar-refractivity contribution < 1.29 is 23.5 Å². The lowest BCUT2D eigenvalue weighted by Crippen LogP contribution is -2.32. The van der Waals surface area contributed by atoms with Gasteiger partial charge in [0.1, 0.15) is 34.1 Å². The molecule has 0 aliphatic heterocycles. The van der Waals surface area contributed by atoms with Gasteiger partial charge >= 0.3 is 0 Å². The van der Waals surface area contributed by atoms with Crippen LogP contribution in [0.5, 0.6) is 5.95 Å². The Morgan fingerprint density at radius 2 is 1.87 bits per heavy atom. The second kappa shape index (κ2) is 9.93. The number of thioether (sulfide) groups is 1. The Morgan fingerprint density at radius 3 is 2.53 bits per heavy atom. The number of aryl methyl sites for hydroxylation is 1. The third-order valence-corrected chi connectivity index (χ3v) is 6.44. The van der Waals surface area contributed by atoms with E-state index in [-0.39, 0.29) is 44.9 Å². The number of hydrogen-bond donors (Lipinski definition) is 2. The maximum absolute atomic E-state index is 12.7. The summed E-state index contributed by atoms with van der Waals surface area (Å²) < 4.78 is 11.5. The predicted octanol–water partition coefficient (Wildman–Crippen LogP) is 2.50. The van der Waals surface area contributed by atoms with E-state index in [2.05, 4.69) is 25.1 Å². The average molecular weight is 525 g/mol. The molecule has 0 fully saturated rings. The number of carbonyl (C=O) groups is 1. The summed E-state index contributed by atoms with van der Waals surface area (Å²) in [6.45, 7) is 0. The highest BCUT2D eigenvalue weighted by Crippen LogP contribution is 2.36. The lowest BCUT2D eigenvalue weighted by atomic mass is 10.0. The van der Waals surface area contributed by atoms with Crippen LogP contribution in [-0.4, -0.2) is 26.9 Å². The number of aromatic nitrogens is 4. The Morgan fingerprint density at radius 1 is 1.13 bits per heavy atom. The minimum Gasteiger partial charge on any atom is -0.539 e. The summed E-state index contributed by atoms with van der Waals surface area (Å²) in [5, 5.41) is 38.0. The molecule has 12 nitrogen and oxygen atoms in total. The molecule has 0 spiro atoms. The summed E-state index contributed by atoms with van der Waals surface area (Å²) in [6, 6.07) is 18.2. The van der Waals surface area contributed by atoms with Crippen molar-refractivity contribution in [1.29, 1.82) is 10.5 Å². The lowest BCUT2D eigenvalue weighted by Gasteiger charge is -2.11. The molecule has 38 heavy (non-hydrogen) atoms. The van der Waals surface area contributed by atoms with Gasteiger partial charge in [-0.15, -0.1) is 0 Å². The molecule has 0 saturated carbocycles. The van der Waals surface area contributed by atoms with Gasteiger partial charge in [0.2, 0.25) is 11.8 Å². The molecule has 3 aromatic heterocycles. The van der Waals surface area contributed by atoms with Gasteiger partial charge in [-0.05, 0) is 36.4 Å². The summed E-state index contributed by atoms with van der Waals surface area (Å²) in [5.41, 5.74) is 8.23. The van der Waals surface area contributed by atoms with Gasteiger partial charge in [0.05, 0.1) is 22.2 Å². The van der Waals surface area contributed by atoms with Crippen molar-refractivity contribution in [2.75, 3.05) is 16.8 Å². The van der Waals surface area contributed by atoms with Crippen LogP contribution >= 0.6 is 11.8 Å². The number of pyridine rings is 1. The van der Waals surface area contributed by atoms with Crippen LogP contribution in [0.2, 0.25) is 0 Å². The van der Waals surface area contributed by atoms with Crippen molar-refractivity contribution >= 4 is 40.3 Å². The molecule has 2 aromatic carbocycles. The Labute approximate surface area is 218 Å². The van der Waals surface area contributed by atoms with Crippen LogP contribution in [0.15, 0.2) is 62.5 Å². The standard InChI is InChI=1S/C25H16N8O4S/c1-33-21(25(35)37-32-33)20-15(10-26)22(28)31-24(16(20)11-27)38-12-19(34)29-14-8-6-13(7-9-14)23-30-17-4-2-3-5-18(17)36-23/h2-9H,12H2,1H3,(H3-,28,29,30,31,32,34,35).